The summed E-state index contributed by atoms with van der Waals surface area (Å²) in [4.78, 5) is 23.1. The Balaban J connectivity index is 2.92. The van der Waals surface area contributed by atoms with Gasteiger partial charge < -0.3 is 15.3 Å². The summed E-state index contributed by atoms with van der Waals surface area (Å²) in [5, 5.41) is 10.3. The lowest BCUT2D eigenvalue weighted by atomic mass is 10.1. The molecule has 0 bridgehead atoms. The Morgan fingerprint density at radius 1 is 1.38 bits per heavy atom. The number of hydrogen-bond acceptors (Lipinski definition) is 2. The van der Waals surface area contributed by atoms with Crippen molar-refractivity contribution in [2.45, 2.75) is 12.6 Å². The topological polar surface area (TPSA) is 69.6 Å². The summed E-state index contributed by atoms with van der Waals surface area (Å²) >= 11 is 5.68. The van der Waals surface area contributed by atoms with E-state index in [9.17, 15) is 22.8 Å². The summed E-state index contributed by atoms with van der Waals surface area (Å²) in [5.41, 5.74) is -1.63. The van der Waals surface area contributed by atoms with E-state index in [0.29, 0.717) is 0 Å². The zero-order valence-electron chi connectivity index (χ0n) is 10.9. The van der Waals surface area contributed by atoms with Crippen LogP contribution in [0.4, 0.5) is 23.7 Å². The fourth-order valence-corrected chi connectivity index (χ4v) is 1.68. The normalized spacial score (nSPS) is 11.1. The summed E-state index contributed by atoms with van der Waals surface area (Å²) in [6.07, 6.45) is -4.99. The average molecular weight is 325 g/mol. The number of para-hydroxylation sites is 1. The smallest absolute Gasteiger partial charge is 0.418 e. The molecular weight excluding hydrogens is 313 g/mol. The predicted octanol–water partition coefficient (Wildman–Crippen LogP) is 3.30. The molecule has 2 N–H and O–H groups in total. The van der Waals surface area contributed by atoms with Crippen LogP contribution in [0.1, 0.15) is 12.0 Å². The van der Waals surface area contributed by atoms with Gasteiger partial charge in [-0.15, -0.1) is 0 Å². The third kappa shape index (κ3) is 4.82. The second-order valence-electron chi connectivity index (χ2n) is 4.16. The van der Waals surface area contributed by atoms with E-state index in [-0.39, 0.29) is 18.0 Å². The van der Waals surface area contributed by atoms with Gasteiger partial charge in [-0.05, 0) is 12.1 Å². The molecule has 0 fully saturated rings. The summed E-state index contributed by atoms with van der Waals surface area (Å²) in [6.45, 7) is -0.146. The first kappa shape index (κ1) is 17.1. The van der Waals surface area contributed by atoms with Crippen LogP contribution in [0, 0.1) is 0 Å². The molecule has 0 heterocycles. The first-order chi connectivity index (χ1) is 9.62. The standard InChI is InChI=1S/C12H12ClF3N2O3/c1-18(6-5-9(19)20)11(21)17-10-7(12(14,15)16)3-2-4-8(10)13/h2-4H,5-6H2,1H3,(H,17,21)(H,19,20). The molecule has 9 heteroatoms. The molecule has 5 nitrogen and oxygen atoms in total. The van der Waals surface area contributed by atoms with Crippen LogP contribution in [0.3, 0.4) is 0 Å². The second-order valence-corrected chi connectivity index (χ2v) is 4.56. The van der Waals surface area contributed by atoms with E-state index in [1.165, 1.54) is 13.1 Å². The molecule has 0 aliphatic heterocycles. The fourth-order valence-electron chi connectivity index (χ4n) is 1.45. The lowest BCUT2D eigenvalue weighted by Crippen LogP contribution is -2.33. The van der Waals surface area contributed by atoms with Gasteiger partial charge in [0.1, 0.15) is 0 Å². The van der Waals surface area contributed by atoms with Gasteiger partial charge in [-0.2, -0.15) is 13.2 Å². The van der Waals surface area contributed by atoms with Crippen LogP contribution < -0.4 is 5.32 Å². The van der Waals surface area contributed by atoms with Gasteiger partial charge in [-0.25, -0.2) is 4.79 Å². The molecule has 0 saturated heterocycles. The Bertz CT molecular complexity index is 549. The molecule has 2 amide bonds. The molecule has 0 radical (unpaired) electrons. The molecule has 1 rings (SSSR count). The van der Waals surface area contributed by atoms with Crippen LogP contribution in [0.25, 0.3) is 0 Å². The Hall–Kier alpha value is -1.96. The molecule has 0 aromatic heterocycles. The molecule has 1 aromatic rings. The number of anilines is 1. The largest absolute Gasteiger partial charge is 0.481 e. The van der Waals surface area contributed by atoms with Gasteiger partial charge in [0.15, 0.2) is 0 Å². The number of carboxylic acid groups (broad SMARTS) is 1. The number of urea groups is 1. The van der Waals surface area contributed by atoms with E-state index in [0.717, 1.165) is 17.0 Å². The SMILES string of the molecule is CN(CCC(=O)O)C(=O)Nc1c(Cl)cccc1C(F)(F)F. The Morgan fingerprint density at radius 3 is 2.52 bits per heavy atom. The Morgan fingerprint density at radius 2 is 2.00 bits per heavy atom. The number of alkyl halides is 3. The minimum absolute atomic E-state index is 0.146. The lowest BCUT2D eigenvalue weighted by molar-refractivity contribution is -0.137. The van der Waals surface area contributed by atoms with Crippen LogP contribution in [0.15, 0.2) is 18.2 Å². The number of nitrogens with one attached hydrogen (secondary N) is 1. The minimum atomic E-state index is -4.67. The van der Waals surface area contributed by atoms with Crippen molar-refractivity contribution in [1.29, 1.82) is 0 Å². The van der Waals surface area contributed by atoms with E-state index >= 15 is 0 Å². The van der Waals surface area contributed by atoms with Crippen molar-refractivity contribution in [1.82, 2.24) is 4.90 Å². The number of amides is 2. The van der Waals surface area contributed by atoms with Gasteiger partial charge in [-0.1, -0.05) is 17.7 Å². The minimum Gasteiger partial charge on any atom is -0.481 e. The average Bonchev–Trinajstić information content (AvgIpc) is 2.36. The van der Waals surface area contributed by atoms with E-state index in [2.05, 4.69) is 5.32 Å². The molecular formula is C12H12ClF3N2O3. The van der Waals surface area contributed by atoms with Crippen molar-refractivity contribution in [3.63, 3.8) is 0 Å². The maximum Gasteiger partial charge on any atom is 0.418 e. The number of rotatable bonds is 4. The highest BCUT2D eigenvalue weighted by atomic mass is 35.5. The monoisotopic (exact) mass is 324 g/mol. The quantitative estimate of drug-likeness (QED) is 0.892. The number of carbonyl (C=O) groups is 2. The highest BCUT2D eigenvalue weighted by molar-refractivity contribution is 6.33. The van der Waals surface area contributed by atoms with Gasteiger partial charge in [0, 0.05) is 13.6 Å². The predicted molar refractivity (Wildman–Crippen MR) is 70.4 cm³/mol. The summed E-state index contributed by atoms with van der Waals surface area (Å²) in [6, 6.07) is 2.24. The fraction of sp³-hybridized carbons (Fsp3) is 0.333. The first-order valence-electron chi connectivity index (χ1n) is 5.72. The number of hydrogen-bond donors (Lipinski definition) is 2. The molecule has 21 heavy (non-hydrogen) atoms. The molecule has 0 atom stereocenters. The zero-order chi connectivity index (χ0) is 16.2. The second kappa shape index (κ2) is 6.66. The van der Waals surface area contributed by atoms with E-state index in [4.69, 9.17) is 16.7 Å². The number of aliphatic carboxylic acids is 1. The molecule has 0 aliphatic rings. The van der Waals surface area contributed by atoms with Crippen molar-refractivity contribution in [3.8, 4) is 0 Å². The highest BCUT2D eigenvalue weighted by Crippen LogP contribution is 2.38. The number of carboxylic acids is 1. The third-order valence-corrected chi connectivity index (χ3v) is 2.87. The van der Waals surface area contributed by atoms with Crippen molar-refractivity contribution in [2.75, 3.05) is 18.9 Å². The van der Waals surface area contributed by atoms with Crippen molar-refractivity contribution < 1.29 is 27.9 Å². The van der Waals surface area contributed by atoms with E-state index in [1.54, 1.807) is 0 Å². The van der Waals surface area contributed by atoms with Gasteiger partial charge in [-0.3, -0.25) is 4.79 Å². The number of benzene rings is 1. The van der Waals surface area contributed by atoms with Gasteiger partial charge in [0.05, 0.1) is 22.7 Å². The maximum absolute atomic E-state index is 12.8. The van der Waals surface area contributed by atoms with Crippen molar-refractivity contribution in [3.05, 3.63) is 28.8 Å². The van der Waals surface area contributed by atoms with Gasteiger partial charge in [0.25, 0.3) is 0 Å². The lowest BCUT2D eigenvalue weighted by Gasteiger charge is -2.20. The van der Waals surface area contributed by atoms with Gasteiger partial charge in [0.2, 0.25) is 0 Å². The number of carbonyl (C=O) groups excluding carboxylic acids is 1. The Kier molecular flexibility index (Phi) is 5.42. The van der Waals surface area contributed by atoms with E-state index < -0.39 is 29.4 Å². The molecule has 0 saturated carbocycles. The summed E-state index contributed by atoms with van der Waals surface area (Å²) in [5.74, 6) is -1.12. The van der Waals surface area contributed by atoms with Crippen molar-refractivity contribution in [2.24, 2.45) is 0 Å². The van der Waals surface area contributed by atoms with Crippen LogP contribution in [0.5, 0.6) is 0 Å². The molecule has 0 spiro atoms. The van der Waals surface area contributed by atoms with Crippen molar-refractivity contribution >= 4 is 29.3 Å². The maximum atomic E-state index is 12.8. The summed E-state index contributed by atoms with van der Waals surface area (Å²) < 4.78 is 38.5. The summed E-state index contributed by atoms with van der Waals surface area (Å²) in [7, 11) is 1.27. The van der Waals surface area contributed by atoms with Crippen LogP contribution in [-0.4, -0.2) is 35.6 Å². The van der Waals surface area contributed by atoms with Crippen LogP contribution >= 0.6 is 11.6 Å². The number of halogens is 4. The third-order valence-electron chi connectivity index (χ3n) is 2.56. The van der Waals surface area contributed by atoms with Crippen LogP contribution in [-0.2, 0) is 11.0 Å². The zero-order valence-corrected chi connectivity index (χ0v) is 11.6. The number of nitrogens with zero attached hydrogens (tertiary/aromatic N) is 1. The first-order valence-corrected chi connectivity index (χ1v) is 6.10. The Labute approximate surface area is 123 Å². The molecule has 116 valence electrons. The van der Waals surface area contributed by atoms with E-state index in [1.807, 2.05) is 0 Å². The molecule has 1 aromatic carbocycles. The highest BCUT2D eigenvalue weighted by Gasteiger charge is 2.35. The molecule has 0 aliphatic carbocycles. The van der Waals surface area contributed by atoms with Crippen LogP contribution in [0.2, 0.25) is 5.02 Å². The van der Waals surface area contributed by atoms with Gasteiger partial charge >= 0.3 is 18.2 Å². The molecule has 0 unspecified atom stereocenters.